The van der Waals surface area contributed by atoms with Crippen LogP contribution in [0.1, 0.15) is 28.4 Å². The largest absolute Gasteiger partial charge is 0.337 e. The summed E-state index contributed by atoms with van der Waals surface area (Å²) in [5.74, 6) is 1.25. The van der Waals surface area contributed by atoms with Crippen LogP contribution in [0.4, 0.5) is 0 Å². The van der Waals surface area contributed by atoms with Crippen LogP contribution in [0.25, 0.3) is 0 Å². The Labute approximate surface area is 124 Å². The van der Waals surface area contributed by atoms with Gasteiger partial charge in [0, 0.05) is 42.7 Å². The summed E-state index contributed by atoms with van der Waals surface area (Å²) in [5, 5.41) is 3.87. The zero-order valence-corrected chi connectivity index (χ0v) is 12.6. The van der Waals surface area contributed by atoms with E-state index in [-0.39, 0.29) is 18.3 Å². The van der Waals surface area contributed by atoms with Crippen LogP contribution < -0.4 is 5.32 Å². The maximum absolute atomic E-state index is 12.4. The number of hydrogen-bond donors (Lipinski definition) is 1. The fourth-order valence-corrected chi connectivity index (χ4v) is 3.63. The van der Waals surface area contributed by atoms with Crippen molar-refractivity contribution >= 4 is 30.1 Å². The normalized spacial score (nSPS) is 21.7. The first-order valence-electron chi connectivity index (χ1n) is 6.47. The Bertz CT molecular complexity index is 481. The lowest BCUT2D eigenvalue weighted by Crippen LogP contribution is -2.41. The van der Waals surface area contributed by atoms with Crippen molar-refractivity contribution in [2.75, 3.05) is 18.8 Å². The first-order valence-corrected chi connectivity index (χ1v) is 7.52. The molecule has 1 N–H and O–H groups in total. The molecule has 1 saturated heterocycles. The molecule has 1 amide bonds. The summed E-state index contributed by atoms with van der Waals surface area (Å²) in [4.78, 5) is 14.4. The number of nitrogens with one attached hydrogen (secondary N) is 1. The Morgan fingerprint density at radius 3 is 2.95 bits per heavy atom. The fourth-order valence-electron chi connectivity index (χ4n) is 2.61. The van der Waals surface area contributed by atoms with Gasteiger partial charge < -0.3 is 10.2 Å². The third-order valence-corrected chi connectivity index (χ3v) is 4.75. The highest BCUT2D eigenvalue weighted by molar-refractivity contribution is 7.99. The molecule has 104 valence electrons. The highest BCUT2D eigenvalue weighted by Crippen LogP contribution is 2.22. The van der Waals surface area contributed by atoms with Crippen molar-refractivity contribution in [1.82, 2.24) is 10.2 Å². The molecule has 2 aliphatic heterocycles. The number of fused-ring (bicyclic) bond motifs is 1. The van der Waals surface area contributed by atoms with Gasteiger partial charge in [-0.2, -0.15) is 11.8 Å². The van der Waals surface area contributed by atoms with Gasteiger partial charge in [0.1, 0.15) is 0 Å². The molecule has 0 bridgehead atoms. The number of nitrogens with zero attached hydrogens (tertiary/aromatic N) is 1. The smallest absolute Gasteiger partial charge is 0.253 e. The maximum Gasteiger partial charge on any atom is 0.253 e. The van der Waals surface area contributed by atoms with Crippen LogP contribution in [0, 0.1) is 0 Å². The number of benzene rings is 1. The first-order chi connectivity index (χ1) is 8.74. The van der Waals surface area contributed by atoms with Crippen LogP contribution >= 0.6 is 24.2 Å². The lowest BCUT2D eigenvalue weighted by Gasteiger charge is -2.30. The SMILES string of the molecule is CC1CN(C(=O)c2ccc3c(c2)CNC3)CCS1.Cl. The molecule has 2 aliphatic rings. The third-order valence-electron chi connectivity index (χ3n) is 3.61. The minimum Gasteiger partial charge on any atom is -0.337 e. The molecule has 3 nitrogen and oxygen atoms in total. The lowest BCUT2D eigenvalue weighted by molar-refractivity contribution is 0.0763. The standard InChI is InChI=1S/C14H18N2OS.ClH/c1-10-9-16(4-5-18-10)14(17)11-2-3-12-7-15-8-13(12)6-11;/h2-3,6,10,15H,4-5,7-9H2,1H3;1H. The molecular formula is C14H19ClN2OS. The molecule has 19 heavy (non-hydrogen) atoms. The van der Waals surface area contributed by atoms with E-state index in [1.807, 2.05) is 22.7 Å². The molecule has 0 saturated carbocycles. The van der Waals surface area contributed by atoms with Crippen molar-refractivity contribution < 1.29 is 4.79 Å². The van der Waals surface area contributed by atoms with Gasteiger partial charge in [0.05, 0.1) is 0 Å². The monoisotopic (exact) mass is 298 g/mol. The van der Waals surface area contributed by atoms with Crippen LogP contribution in [0.15, 0.2) is 18.2 Å². The fraction of sp³-hybridized carbons (Fsp3) is 0.500. The predicted molar refractivity (Wildman–Crippen MR) is 82.1 cm³/mol. The van der Waals surface area contributed by atoms with Crippen molar-refractivity contribution in [2.45, 2.75) is 25.3 Å². The van der Waals surface area contributed by atoms with Gasteiger partial charge in [-0.1, -0.05) is 13.0 Å². The van der Waals surface area contributed by atoms with E-state index in [1.54, 1.807) is 0 Å². The Balaban J connectivity index is 0.00000133. The molecule has 5 heteroatoms. The van der Waals surface area contributed by atoms with E-state index in [0.717, 1.165) is 37.5 Å². The van der Waals surface area contributed by atoms with Gasteiger partial charge in [-0.3, -0.25) is 4.79 Å². The predicted octanol–water partition coefficient (Wildman–Crippen LogP) is 2.29. The summed E-state index contributed by atoms with van der Waals surface area (Å²) in [5.41, 5.74) is 3.45. The molecule has 0 spiro atoms. The van der Waals surface area contributed by atoms with Gasteiger partial charge in [-0.15, -0.1) is 12.4 Å². The maximum atomic E-state index is 12.4. The van der Waals surface area contributed by atoms with Gasteiger partial charge in [-0.05, 0) is 23.3 Å². The molecule has 0 aliphatic carbocycles. The zero-order chi connectivity index (χ0) is 12.5. The van der Waals surface area contributed by atoms with Gasteiger partial charge in [0.15, 0.2) is 0 Å². The number of halogens is 1. The van der Waals surface area contributed by atoms with Crippen LogP contribution in [-0.4, -0.2) is 34.9 Å². The molecule has 1 fully saturated rings. The molecule has 3 rings (SSSR count). The summed E-state index contributed by atoms with van der Waals surface area (Å²) < 4.78 is 0. The summed E-state index contributed by atoms with van der Waals surface area (Å²) in [6.07, 6.45) is 0. The van der Waals surface area contributed by atoms with Gasteiger partial charge in [0.2, 0.25) is 0 Å². The van der Waals surface area contributed by atoms with Crippen molar-refractivity contribution in [2.24, 2.45) is 0 Å². The molecule has 0 aromatic heterocycles. The number of carbonyl (C=O) groups is 1. The average molecular weight is 299 g/mol. The summed E-state index contributed by atoms with van der Waals surface area (Å²) in [6.45, 7) is 5.77. The molecule has 0 radical (unpaired) electrons. The highest BCUT2D eigenvalue weighted by atomic mass is 35.5. The summed E-state index contributed by atoms with van der Waals surface area (Å²) in [6, 6.07) is 6.12. The van der Waals surface area contributed by atoms with Gasteiger partial charge in [0.25, 0.3) is 5.91 Å². The molecule has 1 aromatic carbocycles. The number of rotatable bonds is 1. The molecule has 2 heterocycles. The number of carbonyl (C=O) groups excluding carboxylic acids is 1. The molecular weight excluding hydrogens is 280 g/mol. The summed E-state index contributed by atoms with van der Waals surface area (Å²) in [7, 11) is 0. The van der Waals surface area contributed by atoms with Crippen LogP contribution in [-0.2, 0) is 13.1 Å². The Kier molecular flexibility index (Phi) is 4.76. The second-order valence-corrected chi connectivity index (χ2v) is 6.57. The van der Waals surface area contributed by atoms with E-state index in [9.17, 15) is 4.79 Å². The Morgan fingerprint density at radius 1 is 1.37 bits per heavy atom. The van der Waals surface area contributed by atoms with Crippen molar-refractivity contribution in [3.63, 3.8) is 0 Å². The van der Waals surface area contributed by atoms with Crippen molar-refractivity contribution in [3.8, 4) is 0 Å². The highest BCUT2D eigenvalue weighted by Gasteiger charge is 2.23. The topological polar surface area (TPSA) is 32.3 Å². The van der Waals surface area contributed by atoms with Crippen molar-refractivity contribution in [3.05, 3.63) is 34.9 Å². The first kappa shape index (κ1) is 14.7. The van der Waals surface area contributed by atoms with Crippen molar-refractivity contribution in [1.29, 1.82) is 0 Å². The molecule has 1 aromatic rings. The minimum atomic E-state index is 0. The number of amides is 1. The quantitative estimate of drug-likeness (QED) is 0.863. The van der Waals surface area contributed by atoms with E-state index < -0.39 is 0 Å². The van der Waals surface area contributed by atoms with E-state index in [0.29, 0.717) is 5.25 Å². The van der Waals surface area contributed by atoms with E-state index >= 15 is 0 Å². The third kappa shape index (κ3) is 3.07. The lowest BCUT2D eigenvalue weighted by atomic mass is 10.1. The second kappa shape index (κ2) is 6.16. The average Bonchev–Trinajstić information content (AvgIpc) is 2.85. The van der Waals surface area contributed by atoms with Gasteiger partial charge in [-0.25, -0.2) is 0 Å². The molecule has 1 atom stereocenters. The number of hydrogen-bond acceptors (Lipinski definition) is 3. The van der Waals surface area contributed by atoms with E-state index in [4.69, 9.17) is 0 Å². The second-order valence-electron chi connectivity index (χ2n) is 5.02. The van der Waals surface area contributed by atoms with Crippen LogP contribution in [0.2, 0.25) is 0 Å². The minimum absolute atomic E-state index is 0. The van der Waals surface area contributed by atoms with Crippen LogP contribution in [0.5, 0.6) is 0 Å². The summed E-state index contributed by atoms with van der Waals surface area (Å²) >= 11 is 1.95. The van der Waals surface area contributed by atoms with E-state index in [1.165, 1.54) is 11.1 Å². The van der Waals surface area contributed by atoms with E-state index in [2.05, 4.69) is 24.4 Å². The Hall–Kier alpha value is -0.710. The number of thioether (sulfide) groups is 1. The van der Waals surface area contributed by atoms with Crippen LogP contribution in [0.3, 0.4) is 0 Å². The van der Waals surface area contributed by atoms with Gasteiger partial charge >= 0.3 is 0 Å². The zero-order valence-electron chi connectivity index (χ0n) is 11.0. The Morgan fingerprint density at radius 2 is 2.16 bits per heavy atom. The molecule has 1 unspecified atom stereocenters.